The van der Waals surface area contributed by atoms with E-state index in [9.17, 15) is 14.2 Å². The highest BCUT2D eigenvalue weighted by Crippen LogP contribution is 2.69. The van der Waals surface area contributed by atoms with Crippen LogP contribution in [-0.4, -0.2) is 41.3 Å². The van der Waals surface area contributed by atoms with Gasteiger partial charge >= 0.3 is 15.2 Å². The first-order valence-corrected chi connectivity index (χ1v) is 8.67. The fraction of sp³-hybridized carbons (Fsp3) is 0.444. The van der Waals surface area contributed by atoms with Crippen molar-refractivity contribution in [1.29, 1.82) is 0 Å². The number of aromatic nitrogens is 1. The van der Waals surface area contributed by atoms with Gasteiger partial charge in [0.25, 0.3) is 5.08 Å². The fourth-order valence-corrected chi connectivity index (χ4v) is 3.37. The first-order chi connectivity index (χ1) is 9.06. The Morgan fingerprint density at radius 2 is 1.45 bits per heavy atom. The lowest BCUT2D eigenvalue weighted by molar-refractivity contribution is 0.121. The van der Waals surface area contributed by atoms with Gasteiger partial charge in [-0.1, -0.05) is 6.07 Å². The minimum atomic E-state index is -5.30. The molecule has 0 aliphatic carbocycles. The second-order valence-corrected chi connectivity index (χ2v) is 7.79. The Bertz CT molecular complexity index is 424. The van der Waals surface area contributed by atoms with Crippen molar-refractivity contribution in [2.75, 3.05) is 6.54 Å². The SMILES string of the molecule is NCCCC(O)(P(=O)(O)O)P(=O)(O)O.c1ccncc1. The molecule has 0 aliphatic rings. The fourth-order valence-electron chi connectivity index (χ4n) is 1.11. The molecule has 0 aliphatic heterocycles. The topological polar surface area (TPSA) is 174 Å². The molecule has 0 fully saturated rings. The van der Waals surface area contributed by atoms with E-state index >= 15 is 0 Å². The van der Waals surface area contributed by atoms with Crippen LogP contribution < -0.4 is 5.73 Å². The van der Waals surface area contributed by atoms with Crippen LogP contribution in [0.4, 0.5) is 0 Å². The van der Waals surface area contributed by atoms with Gasteiger partial charge in [-0.2, -0.15) is 0 Å². The van der Waals surface area contributed by atoms with Gasteiger partial charge in [-0.15, -0.1) is 0 Å². The van der Waals surface area contributed by atoms with Crippen LogP contribution in [0.2, 0.25) is 0 Å². The summed E-state index contributed by atoms with van der Waals surface area (Å²) in [5, 5.41) is 5.91. The molecule has 9 nitrogen and oxygen atoms in total. The van der Waals surface area contributed by atoms with Gasteiger partial charge < -0.3 is 30.4 Å². The van der Waals surface area contributed by atoms with Gasteiger partial charge in [0.15, 0.2) is 0 Å². The number of pyridine rings is 1. The van der Waals surface area contributed by atoms with Crippen LogP contribution in [0.3, 0.4) is 0 Å². The van der Waals surface area contributed by atoms with E-state index in [4.69, 9.17) is 25.3 Å². The highest BCUT2D eigenvalue weighted by Gasteiger charge is 2.58. The average molecular weight is 328 g/mol. The summed E-state index contributed by atoms with van der Waals surface area (Å²) in [6, 6.07) is 5.72. The lowest BCUT2D eigenvalue weighted by atomic mass is 10.3. The van der Waals surface area contributed by atoms with Gasteiger partial charge in [0.1, 0.15) is 0 Å². The maximum Gasteiger partial charge on any atom is 0.369 e. The highest BCUT2D eigenvalue weighted by atomic mass is 31.2. The minimum Gasteiger partial charge on any atom is -0.368 e. The lowest BCUT2D eigenvalue weighted by Gasteiger charge is -2.28. The van der Waals surface area contributed by atoms with E-state index in [1.807, 2.05) is 18.2 Å². The third kappa shape index (κ3) is 5.78. The van der Waals surface area contributed by atoms with Crippen LogP contribution in [-0.2, 0) is 9.13 Å². The second-order valence-electron chi connectivity index (χ2n) is 3.78. The van der Waals surface area contributed by atoms with Crippen molar-refractivity contribution < 1.29 is 33.8 Å². The Kier molecular flexibility index (Phi) is 7.72. The highest BCUT2D eigenvalue weighted by molar-refractivity contribution is 7.72. The molecular formula is C9H18N2O7P2. The monoisotopic (exact) mass is 328 g/mol. The Morgan fingerprint density at radius 3 is 1.65 bits per heavy atom. The van der Waals surface area contributed by atoms with Crippen molar-refractivity contribution in [2.45, 2.75) is 17.9 Å². The van der Waals surface area contributed by atoms with Gasteiger partial charge in [-0.3, -0.25) is 14.1 Å². The van der Waals surface area contributed by atoms with Gasteiger partial charge in [0.2, 0.25) is 0 Å². The molecule has 0 aromatic carbocycles. The quantitative estimate of drug-likeness (QED) is 0.400. The van der Waals surface area contributed by atoms with Gasteiger partial charge in [-0.05, 0) is 25.1 Å². The molecule has 0 atom stereocenters. The number of hydrogen-bond acceptors (Lipinski definition) is 5. The molecule has 0 spiro atoms. The van der Waals surface area contributed by atoms with Crippen molar-refractivity contribution in [1.82, 2.24) is 4.98 Å². The van der Waals surface area contributed by atoms with E-state index in [1.54, 1.807) is 12.4 Å². The maximum absolute atomic E-state index is 10.7. The van der Waals surface area contributed by atoms with Crippen LogP contribution >= 0.6 is 15.2 Å². The van der Waals surface area contributed by atoms with E-state index in [1.165, 1.54) is 0 Å². The van der Waals surface area contributed by atoms with Crippen molar-refractivity contribution in [2.24, 2.45) is 5.73 Å². The van der Waals surface area contributed by atoms with Crippen LogP contribution in [0.1, 0.15) is 12.8 Å². The zero-order chi connectivity index (χ0) is 15.9. The van der Waals surface area contributed by atoms with Gasteiger partial charge in [-0.25, -0.2) is 0 Å². The van der Waals surface area contributed by atoms with Crippen molar-refractivity contribution >= 4 is 15.2 Å². The summed E-state index contributed by atoms with van der Waals surface area (Å²) in [6.07, 6.45) is 2.64. The largest absolute Gasteiger partial charge is 0.369 e. The standard InChI is InChI=1S/C5H5N.C4H13NO7P2/c1-2-4-6-5-3-1;5-3-1-2-4(6,13(7,8)9)14(10,11)12/h1-5H;6H,1-3,5H2,(H2,7,8,9)(H2,10,11,12). The molecule has 1 rings (SSSR count). The maximum atomic E-state index is 10.7. The number of hydrogen-bond donors (Lipinski definition) is 6. The van der Waals surface area contributed by atoms with Crippen LogP contribution in [0, 0.1) is 0 Å². The van der Waals surface area contributed by atoms with Crippen molar-refractivity contribution in [3.8, 4) is 0 Å². The zero-order valence-corrected chi connectivity index (χ0v) is 12.3. The summed E-state index contributed by atoms with van der Waals surface area (Å²) in [6.45, 7) is -0.0394. The summed E-state index contributed by atoms with van der Waals surface area (Å²) >= 11 is 0. The van der Waals surface area contributed by atoms with E-state index in [-0.39, 0.29) is 13.0 Å². The molecule has 0 unspecified atom stereocenters. The third-order valence-electron chi connectivity index (χ3n) is 2.22. The number of rotatable bonds is 5. The molecular weight excluding hydrogens is 310 g/mol. The summed E-state index contributed by atoms with van der Waals surface area (Å²) in [5.74, 6) is 0. The summed E-state index contributed by atoms with van der Waals surface area (Å²) in [7, 11) is -10.6. The molecule has 0 saturated heterocycles. The molecule has 0 bridgehead atoms. The summed E-state index contributed by atoms with van der Waals surface area (Å²) in [5.41, 5.74) is 5.01. The zero-order valence-electron chi connectivity index (χ0n) is 10.5. The average Bonchev–Trinajstić information content (AvgIpc) is 2.36. The van der Waals surface area contributed by atoms with Crippen molar-refractivity contribution in [3.05, 3.63) is 30.6 Å². The Morgan fingerprint density at radius 1 is 1.00 bits per heavy atom. The molecule has 1 aromatic rings. The first kappa shape index (κ1) is 19.4. The summed E-state index contributed by atoms with van der Waals surface area (Å²) in [4.78, 5) is 38.3. The smallest absolute Gasteiger partial charge is 0.368 e. The molecule has 11 heteroatoms. The molecule has 1 aromatic heterocycles. The van der Waals surface area contributed by atoms with Gasteiger partial charge in [0, 0.05) is 18.8 Å². The van der Waals surface area contributed by atoms with E-state index in [2.05, 4.69) is 4.98 Å². The predicted molar refractivity (Wildman–Crippen MR) is 71.6 cm³/mol. The number of nitrogens with two attached hydrogens (primary N) is 1. The van der Waals surface area contributed by atoms with E-state index < -0.39 is 26.7 Å². The molecule has 0 saturated carbocycles. The first-order valence-electron chi connectivity index (χ1n) is 5.45. The van der Waals surface area contributed by atoms with Crippen LogP contribution in [0.5, 0.6) is 0 Å². The number of aliphatic hydroxyl groups is 1. The van der Waals surface area contributed by atoms with Crippen LogP contribution in [0.25, 0.3) is 0 Å². The normalized spacial score (nSPS) is 12.5. The van der Waals surface area contributed by atoms with E-state index in [0.29, 0.717) is 0 Å². The molecule has 1 heterocycles. The molecule has 0 radical (unpaired) electrons. The van der Waals surface area contributed by atoms with Gasteiger partial charge in [0.05, 0.1) is 0 Å². The number of nitrogens with zero attached hydrogens (tertiary/aromatic N) is 1. The Balaban J connectivity index is 0.000000493. The molecule has 0 amide bonds. The molecule has 7 N–H and O–H groups in total. The van der Waals surface area contributed by atoms with Crippen molar-refractivity contribution in [3.63, 3.8) is 0 Å². The predicted octanol–water partition coefficient (Wildman–Crippen LogP) is -0.192. The van der Waals surface area contributed by atoms with E-state index in [0.717, 1.165) is 0 Å². The minimum absolute atomic E-state index is 0.0394. The lowest BCUT2D eigenvalue weighted by Crippen LogP contribution is -2.29. The van der Waals surface area contributed by atoms with Crippen LogP contribution in [0.15, 0.2) is 30.6 Å². The third-order valence-corrected chi connectivity index (χ3v) is 6.09. The molecule has 116 valence electrons. The molecule has 20 heavy (non-hydrogen) atoms. The second kappa shape index (κ2) is 7.97. The Labute approximate surface area is 115 Å². The summed E-state index contributed by atoms with van der Waals surface area (Å²) < 4.78 is 21.4. The Hall–Kier alpha value is -0.630.